The third-order valence-electron chi connectivity index (χ3n) is 8.60. The van der Waals surface area contributed by atoms with E-state index < -0.39 is 0 Å². The van der Waals surface area contributed by atoms with Gasteiger partial charge in [-0.25, -0.2) is 0 Å². The average molecular weight is 549 g/mol. The van der Waals surface area contributed by atoms with Gasteiger partial charge < -0.3 is 20.9 Å². The van der Waals surface area contributed by atoms with Crippen LogP contribution in [-0.2, 0) is 0 Å². The van der Waals surface area contributed by atoms with E-state index in [0.717, 1.165) is 52.6 Å². The Labute approximate surface area is 245 Å². The van der Waals surface area contributed by atoms with Gasteiger partial charge in [0, 0.05) is 17.3 Å². The van der Waals surface area contributed by atoms with E-state index in [2.05, 4.69) is 55.5 Å². The highest BCUT2D eigenvalue weighted by Gasteiger charge is 2.25. The lowest BCUT2D eigenvalue weighted by atomic mass is 9.74. The van der Waals surface area contributed by atoms with E-state index in [1.165, 1.54) is 62.5 Å². The molecule has 0 saturated heterocycles. The van der Waals surface area contributed by atoms with Gasteiger partial charge in [-0.2, -0.15) is 0 Å². The second-order valence-corrected chi connectivity index (χ2v) is 11.6. The van der Waals surface area contributed by atoms with Crippen LogP contribution < -0.4 is 20.9 Å². The normalized spacial score (nSPS) is 14.6. The van der Waals surface area contributed by atoms with Crippen molar-refractivity contribution < 1.29 is 9.47 Å². The molecule has 4 heteroatoms. The highest BCUT2D eigenvalue weighted by molar-refractivity contribution is 5.45. The van der Waals surface area contributed by atoms with E-state index in [1.807, 2.05) is 48.5 Å². The van der Waals surface area contributed by atoms with Crippen LogP contribution in [0.25, 0.3) is 0 Å². The summed E-state index contributed by atoms with van der Waals surface area (Å²) in [6.07, 6.45) is 12.0. The third kappa shape index (κ3) is 8.07. The minimum Gasteiger partial charge on any atom is -0.457 e. The first kappa shape index (κ1) is 28.6. The highest BCUT2D eigenvalue weighted by atomic mass is 16.5. The molecule has 0 heterocycles. The Morgan fingerprint density at radius 1 is 0.561 bits per heavy atom. The van der Waals surface area contributed by atoms with Gasteiger partial charge in [-0.05, 0) is 109 Å². The maximum absolute atomic E-state index is 6.08. The first-order chi connectivity index (χ1) is 20.1. The zero-order chi connectivity index (χ0) is 28.4. The molecule has 0 spiro atoms. The summed E-state index contributed by atoms with van der Waals surface area (Å²) < 4.78 is 12.2. The predicted molar refractivity (Wildman–Crippen MR) is 171 cm³/mol. The molecule has 4 aromatic rings. The molecular weight excluding hydrogens is 504 g/mol. The van der Waals surface area contributed by atoms with Gasteiger partial charge in [-0.15, -0.1) is 0 Å². The van der Waals surface area contributed by atoms with Crippen molar-refractivity contribution in [2.75, 3.05) is 11.5 Å². The number of hydrogen-bond donors (Lipinski definition) is 2. The molecule has 214 valence electrons. The number of nitrogens with two attached hydrogens (primary N) is 2. The molecule has 1 aliphatic rings. The number of benzene rings is 4. The molecule has 4 nitrogen and oxygen atoms in total. The monoisotopic (exact) mass is 548 g/mol. The number of ether oxygens (including phenoxy) is 2. The number of anilines is 2. The average Bonchev–Trinajstić information content (AvgIpc) is 3.01. The van der Waals surface area contributed by atoms with Crippen LogP contribution in [0.4, 0.5) is 11.4 Å². The summed E-state index contributed by atoms with van der Waals surface area (Å²) in [4.78, 5) is 0. The zero-order valence-corrected chi connectivity index (χ0v) is 24.3. The van der Waals surface area contributed by atoms with E-state index in [1.54, 1.807) is 0 Å². The fraction of sp³-hybridized carbons (Fsp3) is 0.351. The van der Waals surface area contributed by atoms with Crippen LogP contribution in [0.15, 0.2) is 97.1 Å². The largest absolute Gasteiger partial charge is 0.457 e. The smallest absolute Gasteiger partial charge is 0.127 e. The molecule has 1 saturated carbocycles. The van der Waals surface area contributed by atoms with E-state index in [9.17, 15) is 0 Å². The lowest BCUT2D eigenvalue weighted by molar-refractivity contribution is 0.218. The molecule has 5 rings (SSSR count). The van der Waals surface area contributed by atoms with Gasteiger partial charge in [0.2, 0.25) is 0 Å². The van der Waals surface area contributed by atoms with E-state index >= 15 is 0 Å². The van der Waals surface area contributed by atoms with Crippen LogP contribution in [0, 0.1) is 11.8 Å². The van der Waals surface area contributed by atoms with Gasteiger partial charge in [0.05, 0.1) is 0 Å². The topological polar surface area (TPSA) is 70.5 Å². The maximum Gasteiger partial charge on any atom is 0.127 e. The molecule has 1 aliphatic carbocycles. The van der Waals surface area contributed by atoms with Crippen molar-refractivity contribution in [2.24, 2.45) is 11.8 Å². The van der Waals surface area contributed by atoms with Crippen LogP contribution in [0.1, 0.15) is 81.8 Å². The van der Waals surface area contributed by atoms with Crippen LogP contribution in [0.2, 0.25) is 0 Å². The van der Waals surface area contributed by atoms with Gasteiger partial charge in [0.25, 0.3) is 0 Å². The Morgan fingerprint density at radius 2 is 0.976 bits per heavy atom. The zero-order valence-electron chi connectivity index (χ0n) is 24.3. The Hall–Kier alpha value is -3.92. The second-order valence-electron chi connectivity index (χ2n) is 11.6. The molecule has 0 aromatic heterocycles. The van der Waals surface area contributed by atoms with Crippen molar-refractivity contribution in [1.29, 1.82) is 0 Å². The van der Waals surface area contributed by atoms with Crippen LogP contribution >= 0.6 is 0 Å². The van der Waals surface area contributed by atoms with Crippen LogP contribution in [0.3, 0.4) is 0 Å². The van der Waals surface area contributed by atoms with Crippen molar-refractivity contribution in [3.05, 3.63) is 108 Å². The molecule has 0 bridgehead atoms. The van der Waals surface area contributed by atoms with E-state index in [4.69, 9.17) is 20.9 Å². The molecule has 4 N–H and O–H groups in total. The molecule has 4 aromatic carbocycles. The fourth-order valence-electron chi connectivity index (χ4n) is 6.38. The molecule has 1 atom stereocenters. The van der Waals surface area contributed by atoms with Crippen molar-refractivity contribution in [3.63, 3.8) is 0 Å². The first-order valence-electron chi connectivity index (χ1n) is 15.3. The SMILES string of the molecule is CCCC(CCC(c1ccc(Oc2ccc(N)cc2)cc1)c1ccc(Oc2ccc(N)cc2)cc1)C1CCCCC1. The minimum absolute atomic E-state index is 0.314. The van der Waals surface area contributed by atoms with Crippen LogP contribution in [-0.4, -0.2) is 0 Å². The fourth-order valence-corrected chi connectivity index (χ4v) is 6.38. The molecule has 0 radical (unpaired) electrons. The van der Waals surface area contributed by atoms with Gasteiger partial charge in [-0.1, -0.05) is 76.1 Å². The Morgan fingerprint density at radius 3 is 1.39 bits per heavy atom. The summed E-state index contributed by atoms with van der Waals surface area (Å²) in [5, 5.41) is 0. The second kappa shape index (κ2) is 14.1. The number of rotatable bonds is 12. The van der Waals surface area contributed by atoms with Crippen LogP contribution in [0.5, 0.6) is 23.0 Å². The summed E-state index contributed by atoms with van der Waals surface area (Å²) in [5.41, 5.74) is 15.8. The van der Waals surface area contributed by atoms with Crippen molar-refractivity contribution >= 4 is 11.4 Å². The standard InChI is InChI=1S/C37H44N2O2/c1-2-6-27(28-7-4-3-5-8-28)13-26-37(29-9-18-33(19-10-29)40-35-22-14-31(38)15-23-35)30-11-20-34(21-12-30)41-36-24-16-32(39)17-25-36/h9-12,14-25,27-28,37H,2-8,13,26,38-39H2,1H3. The van der Waals surface area contributed by atoms with E-state index in [-0.39, 0.29) is 0 Å². The van der Waals surface area contributed by atoms with E-state index in [0.29, 0.717) is 5.92 Å². The minimum atomic E-state index is 0.314. The van der Waals surface area contributed by atoms with Crippen molar-refractivity contribution in [3.8, 4) is 23.0 Å². The summed E-state index contributed by atoms with van der Waals surface area (Å²) in [7, 11) is 0. The maximum atomic E-state index is 6.08. The lowest BCUT2D eigenvalue weighted by Crippen LogP contribution is -2.19. The van der Waals surface area contributed by atoms with Crippen molar-refractivity contribution in [2.45, 2.75) is 70.6 Å². The Balaban J connectivity index is 1.34. The lowest BCUT2D eigenvalue weighted by Gasteiger charge is -2.31. The molecule has 41 heavy (non-hydrogen) atoms. The molecule has 1 unspecified atom stereocenters. The Kier molecular flexibility index (Phi) is 9.85. The number of nitrogen functional groups attached to an aromatic ring is 2. The predicted octanol–water partition coefficient (Wildman–Crippen LogP) is 10.3. The van der Waals surface area contributed by atoms with Gasteiger partial charge in [0.1, 0.15) is 23.0 Å². The first-order valence-corrected chi connectivity index (χ1v) is 15.3. The van der Waals surface area contributed by atoms with Gasteiger partial charge in [-0.3, -0.25) is 0 Å². The summed E-state index contributed by atoms with van der Waals surface area (Å²) in [6.45, 7) is 2.34. The Bertz CT molecular complexity index is 1240. The number of hydrogen-bond acceptors (Lipinski definition) is 4. The van der Waals surface area contributed by atoms with Gasteiger partial charge >= 0.3 is 0 Å². The molecule has 0 aliphatic heterocycles. The quantitative estimate of drug-likeness (QED) is 0.173. The molecular formula is C37H44N2O2. The summed E-state index contributed by atoms with van der Waals surface area (Å²) in [5.74, 6) is 5.24. The third-order valence-corrected chi connectivity index (χ3v) is 8.60. The summed E-state index contributed by atoms with van der Waals surface area (Å²) in [6, 6.07) is 32.3. The summed E-state index contributed by atoms with van der Waals surface area (Å²) >= 11 is 0. The van der Waals surface area contributed by atoms with Gasteiger partial charge in [0.15, 0.2) is 0 Å². The molecule has 1 fully saturated rings. The molecule has 0 amide bonds. The highest BCUT2D eigenvalue weighted by Crippen LogP contribution is 2.39. The van der Waals surface area contributed by atoms with Crippen molar-refractivity contribution in [1.82, 2.24) is 0 Å².